The van der Waals surface area contributed by atoms with Crippen molar-refractivity contribution >= 4 is 23.1 Å². The summed E-state index contributed by atoms with van der Waals surface area (Å²) in [5.41, 5.74) is 5.03. The number of nitrogens with zero attached hydrogens (tertiary/aromatic N) is 1. The molecule has 0 rings (SSSR count). The lowest BCUT2D eigenvalue weighted by molar-refractivity contribution is -0.127. The maximum absolute atomic E-state index is 12.1. The normalized spacial score (nSPS) is 11.6. The predicted molar refractivity (Wildman–Crippen MR) is 76.0 cm³/mol. The molecule has 5 heteroatoms. The van der Waals surface area contributed by atoms with Gasteiger partial charge in [0.2, 0.25) is 5.91 Å². The van der Waals surface area contributed by atoms with Crippen molar-refractivity contribution in [1.29, 1.82) is 0 Å². The molecule has 0 aliphatic carbocycles. The third-order valence-electron chi connectivity index (χ3n) is 3.43. The van der Waals surface area contributed by atoms with E-state index in [1.807, 2.05) is 20.9 Å². The Morgan fingerprint density at radius 2 is 1.88 bits per heavy atom. The van der Waals surface area contributed by atoms with Crippen LogP contribution in [-0.4, -0.2) is 42.5 Å². The Labute approximate surface area is 110 Å². The largest absolute Gasteiger partial charge is 0.392 e. The van der Waals surface area contributed by atoms with E-state index in [4.69, 9.17) is 18.0 Å². The number of rotatable bonds is 8. The quantitative estimate of drug-likeness (QED) is 0.642. The fourth-order valence-electron chi connectivity index (χ4n) is 1.72. The third-order valence-corrected chi connectivity index (χ3v) is 3.82. The fraction of sp³-hybridized carbons (Fsp3) is 0.833. The van der Waals surface area contributed by atoms with E-state index in [1.54, 1.807) is 0 Å². The molecule has 17 heavy (non-hydrogen) atoms. The van der Waals surface area contributed by atoms with Crippen LogP contribution in [0.3, 0.4) is 0 Å². The van der Waals surface area contributed by atoms with E-state index in [-0.39, 0.29) is 5.91 Å². The first-order valence-corrected chi connectivity index (χ1v) is 6.62. The van der Waals surface area contributed by atoms with Crippen molar-refractivity contribution in [2.45, 2.75) is 33.6 Å². The van der Waals surface area contributed by atoms with Gasteiger partial charge < -0.3 is 16.0 Å². The van der Waals surface area contributed by atoms with Gasteiger partial charge in [-0.05, 0) is 26.4 Å². The van der Waals surface area contributed by atoms with Crippen LogP contribution in [0.4, 0.5) is 0 Å². The van der Waals surface area contributed by atoms with Crippen molar-refractivity contribution in [3.8, 4) is 0 Å². The minimum atomic E-state index is -0.680. The van der Waals surface area contributed by atoms with Gasteiger partial charge in [-0.3, -0.25) is 4.79 Å². The van der Waals surface area contributed by atoms with Crippen molar-refractivity contribution < 1.29 is 4.79 Å². The number of hydrogen-bond acceptors (Lipinski definition) is 3. The van der Waals surface area contributed by atoms with Gasteiger partial charge in [0.1, 0.15) is 0 Å². The molecule has 0 bridgehead atoms. The summed E-state index contributed by atoms with van der Waals surface area (Å²) in [5.74, 6) is -0.0421. The highest BCUT2D eigenvalue weighted by Gasteiger charge is 2.37. The Bertz CT molecular complexity index is 264. The van der Waals surface area contributed by atoms with E-state index in [0.29, 0.717) is 24.4 Å². The molecule has 1 amide bonds. The Balaban J connectivity index is 4.40. The number of nitrogens with two attached hydrogens (primary N) is 1. The Kier molecular flexibility index (Phi) is 7.30. The smallest absolute Gasteiger partial charge is 0.233 e. The van der Waals surface area contributed by atoms with Gasteiger partial charge >= 0.3 is 0 Å². The van der Waals surface area contributed by atoms with Gasteiger partial charge in [0.05, 0.1) is 10.4 Å². The molecule has 0 aromatic heterocycles. The zero-order valence-electron chi connectivity index (χ0n) is 11.4. The Morgan fingerprint density at radius 3 is 2.24 bits per heavy atom. The van der Waals surface area contributed by atoms with Gasteiger partial charge in [-0.2, -0.15) is 0 Å². The van der Waals surface area contributed by atoms with Gasteiger partial charge in [0.15, 0.2) is 0 Å². The van der Waals surface area contributed by atoms with Gasteiger partial charge in [-0.1, -0.05) is 33.0 Å². The molecule has 0 spiro atoms. The summed E-state index contributed by atoms with van der Waals surface area (Å²) >= 11 is 5.04. The van der Waals surface area contributed by atoms with Crippen LogP contribution in [0.2, 0.25) is 0 Å². The molecular formula is C12H25N3OS. The lowest BCUT2D eigenvalue weighted by atomic mass is 9.81. The third kappa shape index (κ3) is 4.24. The summed E-state index contributed by atoms with van der Waals surface area (Å²) in [6.45, 7) is 8.41. The molecule has 0 heterocycles. The molecule has 0 aromatic carbocycles. The Hall–Kier alpha value is -0.680. The van der Waals surface area contributed by atoms with Gasteiger partial charge in [0.25, 0.3) is 0 Å². The summed E-state index contributed by atoms with van der Waals surface area (Å²) in [5, 5.41) is 2.92. The van der Waals surface area contributed by atoms with Gasteiger partial charge in [-0.15, -0.1) is 0 Å². The molecule has 0 saturated heterocycles. The summed E-state index contributed by atoms with van der Waals surface area (Å²) < 4.78 is 0. The lowest BCUT2D eigenvalue weighted by Crippen LogP contribution is -2.49. The summed E-state index contributed by atoms with van der Waals surface area (Å²) in [4.78, 5) is 14.6. The molecule has 0 aliphatic heterocycles. The average Bonchev–Trinajstić information content (AvgIpc) is 2.30. The van der Waals surface area contributed by atoms with Crippen molar-refractivity contribution in [3.63, 3.8) is 0 Å². The fourth-order valence-corrected chi connectivity index (χ4v) is 2.10. The number of amides is 1. The van der Waals surface area contributed by atoms with E-state index in [0.717, 1.165) is 13.1 Å². The number of thiocarbonyl (C=S) groups is 1. The minimum absolute atomic E-state index is 0.0421. The topological polar surface area (TPSA) is 58.4 Å². The zero-order valence-corrected chi connectivity index (χ0v) is 12.2. The lowest BCUT2D eigenvalue weighted by Gasteiger charge is -2.29. The first-order chi connectivity index (χ1) is 7.94. The van der Waals surface area contributed by atoms with E-state index in [1.165, 1.54) is 0 Å². The molecule has 4 nitrogen and oxygen atoms in total. The summed E-state index contributed by atoms with van der Waals surface area (Å²) in [6.07, 6.45) is 1.29. The summed E-state index contributed by atoms with van der Waals surface area (Å²) in [7, 11) is 2.02. The van der Waals surface area contributed by atoms with Gasteiger partial charge in [0, 0.05) is 13.1 Å². The monoisotopic (exact) mass is 259 g/mol. The van der Waals surface area contributed by atoms with Crippen LogP contribution in [0.5, 0.6) is 0 Å². The molecular weight excluding hydrogens is 234 g/mol. The molecule has 0 unspecified atom stereocenters. The standard InChI is InChI=1S/C12H25N3OS/c1-5-12(6-2,10(13)17)11(16)14-8-9-15(4)7-3/h5-9H2,1-4H3,(H2,13,17)(H,14,16). The number of hydrogen-bond donors (Lipinski definition) is 2. The highest BCUT2D eigenvalue weighted by molar-refractivity contribution is 7.80. The second-order valence-electron chi connectivity index (χ2n) is 4.31. The molecule has 0 fully saturated rings. The number of likely N-dealkylation sites (N-methyl/N-ethyl adjacent to an activating group) is 1. The van der Waals surface area contributed by atoms with Crippen LogP contribution >= 0.6 is 12.2 Å². The molecule has 0 radical (unpaired) electrons. The van der Waals surface area contributed by atoms with Gasteiger partial charge in [-0.25, -0.2) is 0 Å². The molecule has 0 saturated carbocycles. The van der Waals surface area contributed by atoms with E-state index in [9.17, 15) is 4.79 Å². The highest BCUT2D eigenvalue weighted by atomic mass is 32.1. The zero-order chi connectivity index (χ0) is 13.5. The second-order valence-corrected chi connectivity index (χ2v) is 4.75. The van der Waals surface area contributed by atoms with E-state index < -0.39 is 5.41 Å². The van der Waals surface area contributed by atoms with E-state index >= 15 is 0 Å². The second kappa shape index (κ2) is 7.61. The maximum Gasteiger partial charge on any atom is 0.233 e. The first kappa shape index (κ1) is 16.3. The van der Waals surface area contributed by atoms with Crippen LogP contribution in [0.25, 0.3) is 0 Å². The predicted octanol–water partition coefficient (Wildman–Crippen LogP) is 1.15. The number of nitrogens with one attached hydrogen (secondary N) is 1. The SMILES string of the molecule is CCN(C)CCNC(=O)C(CC)(CC)C(N)=S. The van der Waals surface area contributed by atoms with Crippen molar-refractivity contribution in [2.24, 2.45) is 11.1 Å². The maximum atomic E-state index is 12.1. The van der Waals surface area contributed by atoms with Crippen LogP contribution in [0, 0.1) is 5.41 Å². The number of carbonyl (C=O) groups is 1. The van der Waals surface area contributed by atoms with Crippen LogP contribution in [-0.2, 0) is 4.79 Å². The van der Waals surface area contributed by atoms with Crippen molar-refractivity contribution in [2.75, 3.05) is 26.7 Å². The minimum Gasteiger partial charge on any atom is -0.392 e. The molecule has 0 atom stereocenters. The molecule has 0 aromatic rings. The summed E-state index contributed by atoms with van der Waals surface area (Å²) in [6, 6.07) is 0. The first-order valence-electron chi connectivity index (χ1n) is 6.21. The average molecular weight is 259 g/mol. The number of carbonyl (C=O) groups excluding carboxylic acids is 1. The molecule has 3 N–H and O–H groups in total. The van der Waals surface area contributed by atoms with Crippen molar-refractivity contribution in [3.05, 3.63) is 0 Å². The highest BCUT2D eigenvalue weighted by Crippen LogP contribution is 2.26. The van der Waals surface area contributed by atoms with Crippen LogP contribution in [0.15, 0.2) is 0 Å². The molecule has 100 valence electrons. The van der Waals surface area contributed by atoms with Crippen LogP contribution < -0.4 is 11.1 Å². The van der Waals surface area contributed by atoms with E-state index in [2.05, 4.69) is 17.1 Å². The van der Waals surface area contributed by atoms with Crippen molar-refractivity contribution in [1.82, 2.24) is 10.2 Å². The van der Waals surface area contributed by atoms with Crippen LogP contribution in [0.1, 0.15) is 33.6 Å². The molecule has 0 aliphatic rings. The Morgan fingerprint density at radius 1 is 1.35 bits per heavy atom.